The second-order valence-corrected chi connectivity index (χ2v) is 6.67. The number of nitrogens with zero attached hydrogens (tertiary/aromatic N) is 2. The molecule has 0 spiro atoms. The number of rotatable bonds is 5. The highest BCUT2D eigenvalue weighted by molar-refractivity contribution is 6.30. The van der Waals surface area contributed by atoms with Gasteiger partial charge in [0.05, 0.1) is 0 Å². The van der Waals surface area contributed by atoms with E-state index >= 15 is 0 Å². The number of halogens is 1. The van der Waals surface area contributed by atoms with E-state index in [1.54, 1.807) is 31.2 Å². The first-order valence-corrected chi connectivity index (χ1v) is 8.27. The van der Waals surface area contributed by atoms with Crippen LogP contribution in [-0.4, -0.2) is 54.5 Å². The fourth-order valence-electron chi connectivity index (χ4n) is 2.69. The molecule has 4 nitrogen and oxygen atoms in total. The lowest BCUT2D eigenvalue weighted by atomic mass is 10.2. The molecule has 1 heterocycles. The molecule has 1 unspecified atom stereocenters. The van der Waals surface area contributed by atoms with E-state index in [0.717, 1.165) is 32.7 Å². The highest BCUT2D eigenvalue weighted by Gasteiger charge is 2.26. The van der Waals surface area contributed by atoms with Gasteiger partial charge in [-0.2, -0.15) is 0 Å². The maximum atomic E-state index is 12.5. The summed E-state index contributed by atoms with van der Waals surface area (Å²) in [4.78, 5) is 16.8. The molecule has 22 heavy (non-hydrogen) atoms. The average molecular weight is 325 g/mol. The van der Waals surface area contributed by atoms with Gasteiger partial charge < -0.3 is 9.64 Å². The molecule has 1 amide bonds. The third kappa shape index (κ3) is 4.89. The summed E-state index contributed by atoms with van der Waals surface area (Å²) in [5.41, 5.74) is 0. The molecule has 0 N–H and O–H groups in total. The minimum absolute atomic E-state index is 0.0548. The van der Waals surface area contributed by atoms with E-state index in [1.807, 2.05) is 4.90 Å². The zero-order valence-corrected chi connectivity index (χ0v) is 14.3. The Kier molecular flexibility index (Phi) is 6.09. The third-order valence-electron chi connectivity index (χ3n) is 3.78. The van der Waals surface area contributed by atoms with Crippen LogP contribution in [-0.2, 0) is 4.79 Å². The zero-order chi connectivity index (χ0) is 16.1. The van der Waals surface area contributed by atoms with Gasteiger partial charge in [0.2, 0.25) is 0 Å². The van der Waals surface area contributed by atoms with Crippen molar-refractivity contribution in [2.45, 2.75) is 26.9 Å². The fraction of sp³-hybridized carbons (Fsp3) is 0.588. The molecule has 5 heteroatoms. The summed E-state index contributed by atoms with van der Waals surface area (Å²) in [5.74, 6) is 1.39. The van der Waals surface area contributed by atoms with Crippen LogP contribution in [0.3, 0.4) is 0 Å². The van der Waals surface area contributed by atoms with Crippen LogP contribution in [0.1, 0.15) is 20.8 Å². The first kappa shape index (κ1) is 17.1. The summed E-state index contributed by atoms with van der Waals surface area (Å²) in [6.45, 7) is 10.8. The summed E-state index contributed by atoms with van der Waals surface area (Å²) in [6.07, 6.45) is -0.474. The summed E-state index contributed by atoms with van der Waals surface area (Å²) in [7, 11) is 0. The van der Waals surface area contributed by atoms with Gasteiger partial charge >= 0.3 is 0 Å². The Balaban J connectivity index is 1.82. The Morgan fingerprint density at radius 1 is 1.14 bits per heavy atom. The van der Waals surface area contributed by atoms with Gasteiger partial charge in [0.1, 0.15) is 5.75 Å². The van der Waals surface area contributed by atoms with Gasteiger partial charge in [-0.25, -0.2) is 0 Å². The number of benzene rings is 1. The highest BCUT2D eigenvalue weighted by Crippen LogP contribution is 2.17. The van der Waals surface area contributed by atoms with E-state index in [2.05, 4.69) is 18.7 Å². The van der Waals surface area contributed by atoms with Crippen LogP contribution in [0.4, 0.5) is 0 Å². The van der Waals surface area contributed by atoms with Crippen molar-refractivity contribution in [2.75, 3.05) is 32.7 Å². The lowest BCUT2D eigenvalue weighted by Crippen LogP contribution is -2.52. The van der Waals surface area contributed by atoms with Crippen molar-refractivity contribution in [3.63, 3.8) is 0 Å². The van der Waals surface area contributed by atoms with Crippen molar-refractivity contribution in [3.05, 3.63) is 29.3 Å². The van der Waals surface area contributed by atoms with Crippen molar-refractivity contribution in [3.8, 4) is 5.75 Å². The topological polar surface area (TPSA) is 32.8 Å². The predicted octanol–water partition coefficient (Wildman–Crippen LogP) is 2.91. The fourth-order valence-corrected chi connectivity index (χ4v) is 2.82. The van der Waals surface area contributed by atoms with Gasteiger partial charge in [-0.15, -0.1) is 0 Å². The largest absolute Gasteiger partial charge is 0.481 e. The number of hydrogen-bond donors (Lipinski definition) is 0. The molecular weight excluding hydrogens is 300 g/mol. The van der Waals surface area contributed by atoms with Crippen molar-refractivity contribution in [1.82, 2.24) is 9.80 Å². The Labute approximate surface area is 138 Å². The summed E-state index contributed by atoms with van der Waals surface area (Å²) < 4.78 is 5.71. The maximum Gasteiger partial charge on any atom is 0.263 e. The quantitative estimate of drug-likeness (QED) is 0.835. The maximum absolute atomic E-state index is 12.5. The summed E-state index contributed by atoms with van der Waals surface area (Å²) >= 11 is 5.85. The molecular formula is C17H25ClN2O2. The molecule has 1 saturated heterocycles. The number of carbonyl (C=O) groups is 1. The highest BCUT2D eigenvalue weighted by atomic mass is 35.5. The number of ether oxygens (including phenoxy) is 1. The van der Waals surface area contributed by atoms with Crippen LogP contribution < -0.4 is 4.74 Å². The van der Waals surface area contributed by atoms with Crippen LogP contribution in [0.5, 0.6) is 5.75 Å². The van der Waals surface area contributed by atoms with E-state index < -0.39 is 6.10 Å². The lowest BCUT2D eigenvalue weighted by Gasteiger charge is -2.36. The molecule has 1 aliphatic heterocycles. The first-order chi connectivity index (χ1) is 10.5. The van der Waals surface area contributed by atoms with Crippen molar-refractivity contribution in [1.29, 1.82) is 0 Å². The van der Waals surface area contributed by atoms with Gasteiger partial charge in [-0.05, 0) is 37.1 Å². The third-order valence-corrected chi connectivity index (χ3v) is 4.03. The second-order valence-electron chi connectivity index (χ2n) is 6.23. The van der Waals surface area contributed by atoms with Gasteiger partial charge in [0, 0.05) is 37.7 Å². The number of amides is 1. The van der Waals surface area contributed by atoms with Gasteiger partial charge in [-0.1, -0.05) is 25.4 Å². The van der Waals surface area contributed by atoms with E-state index in [-0.39, 0.29) is 5.91 Å². The minimum atomic E-state index is -0.474. The zero-order valence-electron chi connectivity index (χ0n) is 13.6. The van der Waals surface area contributed by atoms with Crippen LogP contribution in [0.25, 0.3) is 0 Å². The summed E-state index contributed by atoms with van der Waals surface area (Å²) in [5, 5.41) is 0.660. The molecule has 0 saturated carbocycles. The Hall–Kier alpha value is -1.26. The summed E-state index contributed by atoms with van der Waals surface area (Å²) in [6, 6.07) is 7.09. The molecule has 1 fully saturated rings. The second kappa shape index (κ2) is 7.84. The van der Waals surface area contributed by atoms with Crippen molar-refractivity contribution >= 4 is 17.5 Å². The predicted molar refractivity (Wildman–Crippen MR) is 89.4 cm³/mol. The molecule has 1 aromatic rings. The van der Waals surface area contributed by atoms with Crippen LogP contribution in [0.2, 0.25) is 5.02 Å². The lowest BCUT2D eigenvalue weighted by molar-refractivity contribution is -0.139. The molecule has 0 bridgehead atoms. The molecule has 0 aliphatic carbocycles. The Morgan fingerprint density at radius 3 is 2.27 bits per heavy atom. The molecule has 1 atom stereocenters. The first-order valence-electron chi connectivity index (χ1n) is 7.89. The molecule has 1 aliphatic rings. The molecule has 122 valence electrons. The average Bonchev–Trinajstić information content (AvgIpc) is 2.49. The van der Waals surface area contributed by atoms with E-state index in [9.17, 15) is 4.79 Å². The van der Waals surface area contributed by atoms with E-state index in [4.69, 9.17) is 16.3 Å². The standard InChI is InChI=1S/C17H25ClN2O2/c1-13(2)12-19-8-10-20(11-9-19)17(21)14(3)22-16-6-4-15(18)5-7-16/h4-7,13-14H,8-12H2,1-3H3. The molecule has 2 rings (SSSR count). The minimum Gasteiger partial charge on any atom is -0.481 e. The van der Waals surface area contributed by atoms with Gasteiger partial charge in [-0.3, -0.25) is 9.69 Å². The van der Waals surface area contributed by atoms with E-state index in [1.165, 1.54) is 0 Å². The van der Waals surface area contributed by atoms with Gasteiger partial charge in [0.15, 0.2) is 6.10 Å². The van der Waals surface area contributed by atoms with Crippen molar-refractivity contribution in [2.24, 2.45) is 5.92 Å². The van der Waals surface area contributed by atoms with Crippen LogP contribution in [0.15, 0.2) is 24.3 Å². The van der Waals surface area contributed by atoms with Crippen LogP contribution in [0, 0.1) is 5.92 Å². The van der Waals surface area contributed by atoms with Gasteiger partial charge in [0.25, 0.3) is 5.91 Å². The van der Waals surface area contributed by atoms with Crippen LogP contribution >= 0.6 is 11.6 Å². The molecule has 1 aromatic carbocycles. The number of carbonyl (C=O) groups excluding carboxylic acids is 1. The molecule has 0 radical (unpaired) electrons. The SMILES string of the molecule is CC(C)CN1CCN(C(=O)C(C)Oc2ccc(Cl)cc2)CC1. The monoisotopic (exact) mass is 324 g/mol. The molecule has 0 aromatic heterocycles. The Morgan fingerprint density at radius 2 is 1.73 bits per heavy atom. The Bertz CT molecular complexity index is 482. The number of hydrogen-bond acceptors (Lipinski definition) is 3. The smallest absolute Gasteiger partial charge is 0.263 e. The number of piperazine rings is 1. The normalized spacial score (nSPS) is 17.6. The van der Waals surface area contributed by atoms with Crippen molar-refractivity contribution < 1.29 is 9.53 Å². The van der Waals surface area contributed by atoms with E-state index in [0.29, 0.717) is 16.7 Å².